The van der Waals surface area contributed by atoms with Gasteiger partial charge in [0.15, 0.2) is 5.16 Å². The molecule has 0 radical (unpaired) electrons. The molecule has 3 rings (SSSR count). The molecule has 0 amide bonds. The van der Waals surface area contributed by atoms with Crippen LogP contribution in [0.25, 0.3) is 11.0 Å². The van der Waals surface area contributed by atoms with Gasteiger partial charge in [-0.1, -0.05) is 35.5 Å². The standard InChI is InChI=1S/C14H12ClN3S/c1-9-5-6-11-12(7-9)18-14(17-11)19-8-10-3-2-4-13(15)16-10/h2-7H,8H2,1H3,(H,17,18). The summed E-state index contributed by atoms with van der Waals surface area (Å²) in [5.41, 5.74) is 4.24. The average Bonchev–Trinajstić information content (AvgIpc) is 2.78. The van der Waals surface area contributed by atoms with Gasteiger partial charge in [0.05, 0.1) is 16.7 Å². The fourth-order valence-corrected chi connectivity index (χ4v) is 2.81. The molecule has 0 aliphatic heterocycles. The van der Waals surface area contributed by atoms with Gasteiger partial charge in [0.2, 0.25) is 0 Å². The summed E-state index contributed by atoms with van der Waals surface area (Å²) in [4.78, 5) is 12.1. The Labute approximate surface area is 120 Å². The largest absolute Gasteiger partial charge is 0.333 e. The highest BCUT2D eigenvalue weighted by Gasteiger charge is 2.04. The molecular formula is C14H12ClN3S. The van der Waals surface area contributed by atoms with Gasteiger partial charge in [-0.3, -0.25) is 0 Å². The van der Waals surface area contributed by atoms with Crippen LogP contribution in [0.2, 0.25) is 5.15 Å². The Morgan fingerprint density at radius 1 is 1.21 bits per heavy atom. The van der Waals surface area contributed by atoms with Crippen molar-refractivity contribution >= 4 is 34.4 Å². The minimum atomic E-state index is 0.526. The van der Waals surface area contributed by atoms with E-state index in [4.69, 9.17) is 11.6 Å². The lowest BCUT2D eigenvalue weighted by atomic mass is 10.2. The van der Waals surface area contributed by atoms with Crippen molar-refractivity contribution in [2.24, 2.45) is 0 Å². The average molecular weight is 290 g/mol. The van der Waals surface area contributed by atoms with Crippen molar-refractivity contribution in [1.82, 2.24) is 15.0 Å². The molecule has 5 heteroatoms. The molecule has 0 bridgehead atoms. The molecule has 0 saturated carbocycles. The SMILES string of the molecule is Cc1ccc2nc(SCc3cccc(Cl)n3)[nH]c2c1. The monoisotopic (exact) mass is 289 g/mol. The summed E-state index contributed by atoms with van der Waals surface area (Å²) in [5, 5.41) is 1.43. The Morgan fingerprint density at radius 3 is 2.95 bits per heavy atom. The van der Waals surface area contributed by atoms with Gasteiger partial charge in [-0.2, -0.15) is 0 Å². The molecule has 0 spiro atoms. The molecule has 0 aliphatic carbocycles. The second-order valence-corrected chi connectivity index (χ2v) is 5.65. The number of pyridine rings is 1. The first-order chi connectivity index (χ1) is 9.20. The third kappa shape index (κ3) is 2.91. The number of halogens is 1. The van der Waals surface area contributed by atoms with Gasteiger partial charge in [0.25, 0.3) is 0 Å². The van der Waals surface area contributed by atoms with E-state index in [1.807, 2.05) is 18.2 Å². The quantitative estimate of drug-likeness (QED) is 0.580. The number of hydrogen-bond donors (Lipinski definition) is 1. The molecule has 19 heavy (non-hydrogen) atoms. The Morgan fingerprint density at radius 2 is 2.11 bits per heavy atom. The smallest absolute Gasteiger partial charge is 0.166 e. The van der Waals surface area contributed by atoms with E-state index in [1.165, 1.54) is 5.56 Å². The van der Waals surface area contributed by atoms with Crippen LogP contribution in [0.1, 0.15) is 11.3 Å². The second-order valence-electron chi connectivity index (χ2n) is 4.30. The van der Waals surface area contributed by atoms with Crippen LogP contribution in [-0.4, -0.2) is 15.0 Å². The van der Waals surface area contributed by atoms with E-state index < -0.39 is 0 Å². The summed E-state index contributed by atoms with van der Waals surface area (Å²) < 4.78 is 0. The number of imidazole rings is 1. The molecule has 96 valence electrons. The number of nitrogens with one attached hydrogen (secondary N) is 1. The Bertz CT molecular complexity index is 724. The third-order valence-electron chi connectivity index (χ3n) is 2.75. The van der Waals surface area contributed by atoms with Crippen molar-refractivity contribution in [3.63, 3.8) is 0 Å². The first-order valence-electron chi connectivity index (χ1n) is 5.91. The van der Waals surface area contributed by atoms with Gasteiger partial charge in [-0.05, 0) is 36.8 Å². The molecule has 0 saturated heterocycles. The van der Waals surface area contributed by atoms with Gasteiger partial charge in [-0.25, -0.2) is 9.97 Å². The van der Waals surface area contributed by atoms with Crippen LogP contribution in [0.3, 0.4) is 0 Å². The van der Waals surface area contributed by atoms with Gasteiger partial charge >= 0.3 is 0 Å². The van der Waals surface area contributed by atoms with Gasteiger partial charge in [0, 0.05) is 5.75 Å². The normalized spacial score (nSPS) is 11.1. The zero-order valence-electron chi connectivity index (χ0n) is 10.4. The number of aromatic nitrogens is 3. The number of hydrogen-bond acceptors (Lipinski definition) is 3. The first kappa shape index (κ1) is 12.5. The number of benzene rings is 1. The van der Waals surface area contributed by atoms with Crippen LogP contribution in [-0.2, 0) is 5.75 Å². The molecule has 2 aromatic heterocycles. The highest BCUT2D eigenvalue weighted by Crippen LogP contribution is 2.23. The number of thioether (sulfide) groups is 1. The predicted molar refractivity (Wildman–Crippen MR) is 79.6 cm³/mol. The molecule has 1 aromatic carbocycles. The molecule has 3 aromatic rings. The van der Waals surface area contributed by atoms with E-state index in [0.717, 1.165) is 27.6 Å². The van der Waals surface area contributed by atoms with Crippen molar-refractivity contribution in [2.75, 3.05) is 0 Å². The molecule has 0 atom stereocenters. The molecule has 0 aliphatic rings. The maximum Gasteiger partial charge on any atom is 0.166 e. The van der Waals surface area contributed by atoms with Crippen molar-refractivity contribution in [2.45, 2.75) is 17.8 Å². The summed E-state index contributed by atoms with van der Waals surface area (Å²) >= 11 is 7.49. The highest BCUT2D eigenvalue weighted by molar-refractivity contribution is 7.98. The second kappa shape index (κ2) is 5.23. The van der Waals surface area contributed by atoms with E-state index in [1.54, 1.807) is 17.8 Å². The predicted octanol–water partition coefficient (Wildman–Crippen LogP) is 4.21. The number of aromatic amines is 1. The number of rotatable bonds is 3. The van der Waals surface area contributed by atoms with Crippen LogP contribution in [0.4, 0.5) is 0 Å². The van der Waals surface area contributed by atoms with E-state index in [-0.39, 0.29) is 0 Å². The van der Waals surface area contributed by atoms with Crippen molar-refractivity contribution in [3.8, 4) is 0 Å². The van der Waals surface area contributed by atoms with E-state index in [0.29, 0.717) is 5.15 Å². The Balaban J connectivity index is 1.78. The van der Waals surface area contributed by atoms with E-state index in [9.17, 15) is 0 Å². The van der Waals surface area contributed by atoms with Crippen molar-refractivity contribution in [1.29, 1.82) is 0 Å². The summed E-state index contributed by atoms with van der Waals surface area (Å²) in [6, 6.07) is 11.8. The van der Waals surface area contributed by atoms with Gasteiger partial charge in [-0.15, -0.1) is 0 Å². The molecule has 0 fully saturated rings. The minimum absolute atomic E-state index is 0.526. The van der Waals surface area contributed by atoms with E-state index >= 15 is 0 Å². The molecular weight excluding hydrogens is 278 g/mol. The maximum atomic E-state index is 5.86. The van der Waals surface area contributed by atoms with Crippen LogP contribution < -0.4 is 0 Å². The van der Waals surface area contributed by atoms with Crippen molar-refractivity contribution in [3.05, 3.63) is 52.8 Å². The lowest BCUT2D eigenvalue weighted by Crippen LogP contribution is -1.86. The van der Waals surface area contributed by atoms with Crippen LogP contribution in [0, 0.1) is 6.92 Å². The highest BCUT2D eigenvalue weighted by atomic mass is 35.5. The molecule has 1 N–H and O–H groups in total. The first-order valence-corrected chi connectivity index (χ1v) is 7.28. The lowest BCUT2D eigenvalue weighted by molar-refractivity contribution is 1.07. The fraction of sp³-hybridized carbons (Fsp3) is 0.143. The Hall–Kier alpha value is -1.52. The summed E-state index contributed by atoms with van der Waals surface area (Å²) in [6.45, 7) is 2.07. The zero-order chi connectivity index (χ0) is 13.2. The van der Waals surface area contributed by atoms with Crippen LogP contribution in [0.15, 0.2) is 41.6 Å². The zero-order valence-corrected chi connectivity index (χ0v) is 11.9. The van der Waals surface area contributed by atoms with Crippen LogP contribution >= 0.6 is 23.4 Å². The number of fused-ring (bicyclic) bond motifs is 1. The summed E-state index contributed by atoms with van der Waals surface area (Å²) in [5.74, 6) is 0.749. The summed E-state index contributed by atoms with van der Waals surface area (Å²) in [6.07, 6.45) is 0. The molecule has 3 nitrogen and oxygen atoms in total. The van der Waals surface area contributed by atoms with Crippen molar-refractivity contribution < 1.29 is 0 Å². The third-order valence-corrected chi connectivity index (χ3v) is 3.86. The maximum absolute atomic E-state index is 5.86. The topological polar surface area (TPSA) is 41.6 Å². The number of nitrogens with zero attached hydrogens (tertiary/aromatic N) is 2. The fourth-order valence-electron chi connectivity index (χ4n) is 1.84. The van der Waals surface area contributed by atoms with Gasteiger partial charge in [0.1, 0.15) is 5.15 Å². The number of aryl methyl sites for hydroxylation is 1. The Kier molecular flexibility index (Phi) is 3.44. The summed E-state index contributed by atoms with van der Waals surface area (Å²) in [7, 11) is 0. The van der Waals surface area contributed by atoms with Crippen LogP contribution in [0.5, 0.6) is 0 Å². The minimum Gasteiger partial charge on any atom is -0.333 e. The van der Waals surface area contributed by atoms with Gasteiger partial charge < -0.3 is 4.98 Å². The van der Waals surface area contributed by atoms with E-state index in [2.05, 4.69) is 34.0 Å². The number of H-pyrrole nitrogens is 1. The lowest BCUT2D eigenvalue weighted by Gasteiger charge is -1.98. The molecule has 2 heterocycles. The molecule has 0 unspecified atom stereocenters.